The van der Waals surface area contributed by atoms with Gasteiger partial charge < -0.3 is 18.1 Å². The van der Waals surface area contributed by atoms with E-state index in [4.69, 9.17) is 0 Å². The average Bonchev–Trinajstić information content (AvgIpc) is 4.22. The molecule has 0 aliphatic rings. The second kappa shape index (κ2) is 14.1. The molecule has 0 radical (unpaired) electrons. The van der Waals surface area contributed by atoms with Crippen LogP contribution in [0, 0.1) is 0 Å². The van der Waals surface area contributed by atoms with Crippen molar-refractivity contribution in [1.29, 1.82) is 0 Å². The Bertz CT molecular complexity index is 4810. The number of hydrogen-bond acceptors (Lipinski definition) is 0. The summed E-state index contributed by atoms with van der Waals surface area (Å²) in [6, 6.07) is 89.7. The highest BCUT2D eigenvalue weighted by atomic mass is 15.0. The van der Waals surface area contributed by atoms with Crippen LogP contribution >= 0.6 is 0 Å². The van der Waals surface area contributed by atoms with Crippen LogP contribution in [0.1, 0.15) is 0 Å². The fourth-order valence-corrected chi connectivity index (χ4v) is 12.2. The molecule has 4 nitrogen and oxygen atoms in total. The van der Waals surface area contributed by atoms with E-state index in [9.17, 15) is 0 Å². The predicted molar refractivity (Wildman–Crippen MR) is 295 cm³/mol. The molecule has 0 amide bonds. The summed E-state index contributed by atoms with van der Waals surface area (Å²) in [5.41, 5.74) is 19.3. The highest BCUT2D eigenvalue weighted by molar-refractivity contribution is 6.23. The Morgan fingerprint density at radius 2 is 0.543 bits per heavy atom. The maximum absolute atomic E-state index is 2.47. The van der Waals surface area contributed by atoms with Crippen molar-refractivity contribution in [2.75, 3.05) is 0 Å². The minimum absolute atomic E-state index is 1.14. The predicted octanol–water partition coefficient (Wildman–Crippen LogP) is 17.5. The molecular formula is C66H40N4. The topological polar surface area (TPSA) is 19.2 Å². The lowest BCUT2D eigenvalue weighted by Gasteiger charge is -2.11. The summed E-state index contributed by atoms with van der Waals surface area (Å²) in [6.07, 6.45) is 0. The zero-order chi connectivity index (χ0) is 45.6. The van der Waals surface area contributed by atoms with E-state index in [-0.39, 0.29) is 0 Å². The Kier molecular flexibility index (Phi) is 7.58. The molecule has 0 saturated carbocycles. The van der Waals surface area contributed by atoms with Crippen molar-refractivity contribution in [2.45, 2.75) is 0 Å². The van der Waals surface area contributed by atoms with E-state index in [1.807, 2.05) is 0 Å². The smallest absolute Gasteiger partial charge is 0.0620 e. The van der Waals surface area contributed by atoms with E-state index in [0.29, 0.717) is 0 Å². The van der Waals surface area contributed by atoms with Gasteiger partial charge >= 0.3 is 0 Å². The molecule has 5 aromatic heterocycles. The normalized spacial score (nSPS) is 12.3. The molecule has 11 aromatic carbocycles. The maximum atomic E-state index is 2.47. The lowest BCUT2D eigenvalue weighted by Crippen LogP contribution is -1.94. The summed E-state index contributed by atoms with van der Waals surface area (Å²) in [5, 5.41) is 12.7. The minimum Gasteiger partial charge on any atom is -0.309 e. The molecule has 0 unspecified atom stereocenters. The van der Waals surface area contributed by atoms with Crippen molar-refractivity contribution in [3.63, 3.8) is 0 Å². The fraction of sp³-hybridized carbons (Fsp3) is 0. The molecule has 0 atom stereocenters. The van der Waals surface area contributed by atoms with Crippen LogP contribution in [-0.4, -0.2) is 18.1 Å². The molecule has 0 saturated heterocycles. The fourth-order valence-electron chi connectivity index (χ4n) is 12.2. The van der Waals surface area contributed by atoms with Crippen molar-refractivity contribution in [1.82, 2.24) is 18.1 Å². The van der Waals surface area contributed by atoms with Crippen molar-refractivity contribution in [3.05, 3.63) is 243 Å². The summed E-state index contributed by atoms with van der Waals surface area (Å²) in [5.74, 6) is 0. The lowest BCUT2D eigenvalue weighted by atomic mass is 10.0. The Morgan fingerprint density at radius 1 is 0.186 bits per heavy atom. The van der Waals surface area contributed by atoms with Gasteiger partial charge in [-0.1, -0.05) is 146 Å². The van der Waals surface area contributed by atoms with E-state index >= 15 is 0 Å². The van der Waals surface area contributed by atoms with Crippen molar-refractivity contribution < 1.29 is 0 Å². The molecule has 0 spiro atoms. The van der Waals surface area contributed by atoms with Gasteiger partial charge in [0.1, 0.15) is 0 Å². The number of hydrogen-bond donors (Lipinski definition) is 0. The van der Waals surface area contributed by atoms with Crippen LogP contribution in [0.15, 0.2) is 243 Å². The van der Waals surface area contributed by atoms with Crippen LogP contribution in [0.3, 0.4) is 0 Å². The number of rotatable bonds is 5. The van der Waals surface area contributed by atoms with Gasteiger partial charge in [-0.05, 0) is 119 Å². The van der Waals surface area contributed by atoms with Crippen molar-refractivity contribution in [2.24, 2.45) is 0 Å². The van der Waals surface area contributed by atoms with Crippen LogP contribution in [0.25, 0.3) is 143 Å². The van der Waals surface area contributed by atoms with E-state index < -0.39 is 0 Å². The molecule has 70 heavy (non-hydrogen) atoms. The third-order valence-corrected chi connectivity index (χ3v) is 15.3. The first-order valence-corrected chi connectivity index (χ1v) is 24.2. The molecular weight excluding hydrogens is 849 g/mol. The summed E-state index contributed by atoms with van der Waals surface area (Å²) in [7, 11) is 0. The van der Waals surface area contributed by atoms with Gasteiger partial charge in [0.15, 0.2) is 0 Å². The molecule has 0 aliphatic heterocycles. The van der Waals surface area contributed by atoms with E-state index in [2.05, 4.69) is 261 Å². The molecule has 0 N–H and O–H groups in total. The number of fused-ring (bicyclic) bond motifs is 15. The first-order valence-electron chi connectivity index (χ1n) is 24.2. The third kappa shape index (κ3) is 5.14. The molecule has 324 valence electrons. The minimum atomic E-state index is 1.14. The Morgan fingerprint density at radius 3 is 1.07 bits per heavy atom. The van der Waals surface area contributed by atoms with Gasteiger partial charge in [0.25, 0.3) is 0 Å². The van der Waals surface area contributed by atoms with Gasteiger partial charge in [0.05, 0.1) is 49.7 Å². The zero-order valence-electron chi connectivity index (χ0n) is 37.9. The lowest BCUT2D eigenvalue weighted by molar-refractivity contribution is 1.18. The largest absolute Gasteiger partial charge is 0.309 e. The van der Waals surface area contributed by atoms with Gasteiger partial charge in [-0.3, -0.25) is 0 Å². The van der Waals surface area contributed by atoms with Gasteiger partial charge in [0.2, 0.25) is 0 Å². The van der Waals surface area contributed by atoms with Crippen LogP contribution in [0.4, 0.5) is 0 Å². The Labute approximate surface area is 401 Å². The number of benzene rings is 11. The SMILES string of the molecule is c1ccc(-n2c3ccccc3c3cc(-c4ccc(-n5c6ccccc6c6cc(-c7ccc8c(c7)c7ccccc7n8-c7ccc8c9cccc%10c%11ccccc%11n(c8c7)c%109)ccc65)cc4)ccc32)cc1. The maximum Gasteiger partial charge on any atom is 0.0620 e. The second-order valence-electron chi connectivity index (χ2n) is 18.9. The number of para-hydroxylation sites is 6. The standard InChI is InChI=1S/C66H40N4/c1-2-13-45(14-3-1)67-58-21-8-5-16-49(58)55-37-42(27-34-62(55)67)41-25-30-46(31-26-41)68-59-22-9-6-17-50(59)56-38-43(28-35-63(56)68)44-29-36-64-57(39-44)51-18-7-10-23-60(51)69(64)47-32-33-52-54-20-12-19-53-48-15-4-11-24-61(48)70(66(53)54)65(52)40-47/h1-40H. The number of nitrogens with zero attached hydrogens (tertiary/aromatic N) is 4. The molecule has 0 aliphatic carbocycles. The highest BCUT2D eigenvalue weighted by Gasteiger charge is 2.21. The molecule has 4 heteroatoms. The van der Waals surface area contributed by atoms with Crippen molar-refractivity contribution in [3.8, 4) is 39.3 Å². The average molecular weight is 889 g/mol. The second-order valence-corrected chi connectivity index (χ2v) is 18.9. The molecule has 16 rings (SSSR count). The van der Waals surface area contributed by atoms with Crippen LogP contribution in [-0.2, 0) is 0 Å². The Hall–Kier alpha value is -9.38. The van der Waals surface area contributed by atoms with Crippen LogP contribution in [0.5, 0.6) is 0 Å². The first-order chi connectivity index (χ1) is 34.7. The van der Waals surface area contributed by atoms with E-state index in [0.717, 1.165) is 11.4 Å². The van der Waals surface area contributed by atoms with Crippen molar-refractivity contribution >= 4 is 104 Å². The van der Waals surface area contributed by atoms with Crippen LogP contribution < -0.4 is 0 Å². The molecule has 16 aromatic rings. The monoisotopic (exact) mass is 888 g/mol. The first kappa shape index (κ1) is 37.7. The molecule has 5 heterocycles. The molecule has 0 fully saturated rings. The highest BCUT2D eigenvalue weighted by Crippen LogP contribution is 2.43. The number of aromatic nitrogens is 4. The Balaban J connectivity index is 0.793. The van der Waals surface area contributed by atoms with E-state index in [1.165, 1.54) is 131 Å². The zero-order valence-corrected chi connectivity index (χ0v) is 37.9. The molecule has 0 bridgehead atoms. The van der Waals surface area contributed by atoms with Gasteiger partial charge in [-0.2, -0.15) is 0 Å². The van der Waals surface area contributed by atoms with Gasteiger partial charge in [0, 0.05) is 70.9 Å². The summed E-state index contributed by atoms with van der Waals surface area (Å²) in [4.78, 5) is 0. The van der Waals surface area contributed by atoms with Crippen LogP contribution in [0.2, 0.25) is 0 Å². The summed E-state index contributed by atoms with van der Waals surface area (Å²) < 4.78 is 9.72. The quantitative estimate of drug-likeness (QED) is 0.164. The summed E-state index contributed by atoms with van der Waals surface area (Å²) >= 11 is 0. The van der Waals surface area contributed by atoms with Gasteiger partial charge in [-0.15, -0.1) is 0 Å². The third-order valence-electron chi connectivity index (χ3n) is 15.3. The summed E-state index contributed by atoms with van der Waals surface area (Å²) in [6.45, 7) is 0. The van der Waals surface area contributed by atoms with Gasteiger partial charge in [-0.25, -0.2) is 0 Å². The van der Waals surface area contributed by atoms with E-state index in [1.54, 1.807) is 0 Å².